The Balaban J connectivity index is 0.0000203. The van der Waals surface area contributed by atoms with Gasteiger partial charge in [-0.15, -0.1) is 0 Å². The number of carbonyl (C=O) groups is 5. The van der Waals surface area contributed by atoms with Gasteiger partial charge in [0.2, 0.25) is 5.91 Å². The maximum absolute atomic E-state index is 13.6. The molecule has 0 aromatic heterocycles. The average molecular weight is 1100 g/mol. The summed E-state index contributed by atoms with van der Waals surface area (Å²) in [5.74, 6) is -3.54. The monoisotopic (exact) mass is 1100 g/mol. The molecule has 13 nitrogen and oxygen atoms in total. The molecule has 1 fully saturated rings. The molecule has 2 aromatic rings. The van der Waals surface area contributed by atoms with E-state index in [0.29, 0.717) is 24.8 Å². The number of hydrogen-bond acceptors (Lipinski definition) is 13. The Kier molecular flexibility index (Phi) is 39.4. The summed E-state index contributed by atoms with van der Waals surface area (Å²) in [5.41, 5.74) is -0.388. The molecule has 0 saturated carbocycles. The third kappa shape index (κ3) is 30.8. The second-order valence-corrected chi connectivity index (χ2v) is 22.3. The van der Waals surface area contributed by atoms with Crippen LogP contribution in [-0.2, 0) is 42.9 Å². The van der Waals surface area contributed by atoms with Crippen molar-refractivity contribution in [3.8, 4) is 0 Å². The van der Waals surface area contributed by atoms with E-state index in [0.717, 1.165) is 49.8 Å². The zero-order valence-electron chi connectivity index (χ0n) is 47.1. The van der Waals surface area contributed by atoms with Crippen LogP contribution in [0, 0.1) is 5.92 Å². The molecule has 8 atom stereocenters. The molecular formula is C63H103NO12S. The quantitative estimate of drug-likeness (QED) is 0.0324. The predicted molar refractivity (Wildman–Crippen MR) is 308 cm³/mol. The lowest BCUT2D eigenvalue weighted by molar-refractivity contribution is -0.188. The summed E-state index contributed by atoms with van der Waals surface area (Å²) >= 11 is 1.33. The number of amides is 1. The van der Waals surface area contributed by atoms with Crippen LogP contribution in [-0.4, -0.2) is 95.2 Å². The average Bonchev–Trinajstić information content (AvgIpc) is 3.42. The van der Waals surface area contributed by atoms with E-state index in [4.69, 9.17) is 23.7 Å². The van der Waals surface area contributed by atoms with E-state index >= 15 is 0 Å². The molecule has 1 heterocycles. The zero-order valence-corrected chi connectivity index (χ0v) is 47.9. The van der Waals surface area contributed by atoms with Crippen molar-refractivity contribution < 1.29 is 57.9 Å². The van der Waals surface area contributed by atoms with Gasteiger partial charge in [-0.3, -0.25) is 19.2 Å². The van der Waals surface area contributed by atoms with Crippen LogP contribution in [0.1, 0.15) is 245 Å². The maximum atomic E-state index is 13.6. The molecule has 77 heavy (non-hydrogen) atoms. The summed E-state index contributed by atoms with van der Waals surface area (Å²) in [5, 5.41) is 24.9. The van der Waals surface area contributed by atoms with Crippen molar-refractivity contribution in [3.63, 3.8) is 0 Å². The fourth-order valence-corrected chi connectivity index (χ4v) is 11.1. The molecule has 438 valence electrons. The van der Waals surface area contributed by atoms with E-state index in [-0.39, 0.29) is 39.2 Å². The second-order valence-electron chi connectivity index (χ2n) is 21.1. The number of aliphatic hydroxyl groups is 2. The van der Waals surface area contributed by atoms with E-state index < -0.39 is 78.4 Å². The summed E-state index contributed by atoms with van der Waals surface area (Å²) < 4.78 is 29.6. The fraction of sp³-hybridized carbons (Fsp3) is 0.730. The van der Waals surface area contributed by atoms with Crippen molar-refractivity contribution >= 4 is 41.5 Å². The van der Waals surface area contributed by atoms with Gasteiger partial charge in [0.05, 0.1) is 37.2 Å². The molecule has 3 rings (SSSR count). The summed E-state index contributed by atoms with van der Waals surface area (Å²) in [6.07, 6.45) is 26.5. The minimum atomic E-state index is -1.17. The molecule has 0 radical (unpaired) electrons. The van der Waals surface area contributed by atoms with Gasteiger partial charge in [-0.25, -0.2) is 4.79 Å². The smallest absolute Gasteiger partial charge is 0.338 e. The van der Waals surface area contributed by atoms with Crippen molar-refractivity contribution in [3.05, 3.63) is 66.2 Å². The number of benzene rings is 2. The van der Waals surface area contributed by atoms with Crippen molar-refractivity contribution in [1.29, 1.82) is 0 Å². The van der Waals surface area contributed by atoms with E-state index in [1.165, 1.54) is 134 Å². The Bertz CT molecular complexity index is 1840. The Labute approximate surface area is 469 Å². The standard InChI is InChI=1S/C62H99NO12S.CH4/c1-5-7-9-11-13-15-17-19-20-21-23-25-27-29-37-43-55(66)63-52(46-64)60(72-49(4)65)53(42-36-28-26-24-22-18-16-14-12-10-8-6-2)73-57(68)45-44-56(67)71-47-54-58(69)48(3)59(75-61(70)50-38-32-30-33-39-50)62(74-54)76-51-40-34-31-35-41-51;/h30-35,38-41,48,52-54,58-60,62,64,69H,5-29,36-37,42-47H2,1-4H3,(H,63,66);1H4/t48-,52-,53+,54?,58-,59?,60-,62-;/m0./s1. The van der Waals surface area contributed by atoms with Crippen molar-refractivity contribution in [2.45, 2.75) is 281 Å². The van der Waals surface area contributed by atoms with Gasteiger partial charge in [-0.05, 0) is 43.5 Å². The second kappa shape index (κ2) is 43.8. The van der Waals surface area contributed by atoms with Gasteiger partial charge < -0.3 is 39.2 Å². The SMILES string of the molecule is C.CCCCCCCCCCCCCCCCCC(=O)N[C@@H](CO)[C@H](OC(C)=O)[C@@H](CCCCCCCCCCCCCC)OC(=O)CCC(=O)OCC1O[C@@H](Sc2ccccc2)C(OC(=O)c2ccccc2)[C@@H](C)[C@@H]1O. The van der Waals surface area contributed by atoms with E-state index in [2.05, 4.69) is 19.2 Å². The normalized spacial score (nSPS) is 18.3. The molecule has 14 heteroatoms. The van der Waals surface area contributed by atoms with E-state index in [9.17, 15) is 34.2 Å². The lowest BCUT2D eigenvalue weighted by atomic mass is 9.91. The number of ether oxygens (including phenoxy) is 5. The fourth-order valence-electron chi connectivity index (χ4n) is 9.84. The number of hydrogen-bond donors (Lipinski definition) is 3. The molecule has 1 amide bonds. The van der Waals surface area contributed by atoms with Crippen LogP contribution in [0.5, 0.6) is 0 Å². The third-order valence-corrected chi connectivity index (χ3v) is 15.6. The minimum absolute atomic E-state index is 0. The highest BCUT2D eigenvalue weighted by Crippen LogP contribution is 2.38. The molecule has 0 spiro atoms. The van der Waals surface area contributed by atoms with E-state index in [1.807, 2.05) is 30.3 Å². The molecule has 3 N–H and O–H groups in total. The first-order chi connectivity index (χ1) is 37.0. The highest BCUT2D eigenvalue weighted by molar-refractivity contribution is 7.99. The Morgan fingerprint density at radius 3 is 1.58 bits per heavy atom. The first-order valence-corrected chi connectivity index (χ1v) is 30.6. The molecule has 2 unspecified atom stereocenters. The number of rotatable bonds is 44. The van der Waals surface area contributed by atoms with Gasteiger partial charge in [0.25, 0.3) is 0 Å². The van der Waals surface area contributed by atoms with Crippen LogP contribution in [0.3, 0.4) is 0 Å². The summed E-state index contributed by atoms with van der Waals surface area (Å²) in [7, 11) is 0. The molecule has 1 aliphatic rings. The Hall–Kier alpha value is -3.98. The molecule has 0 aliphatic carbocycles. The van der Waals surface area contributed by atoms with Crippen molar-refractivity contribution in [2.75, 3.05) is 13.2 Å². The number of aliphatic hydroxyl groups excluding tert-OH is 2. The van der Waals surface area contributed by atoms with Crippen LogP contribution in [0.4, 0.5) is 0 Å². The van der Waals surface area contributed by atoms with Gasteiger partial charge in [0.15, 0.2) is 6.10 Å². The van der Waals surface area contributed by atoms with Crippen LogP contribution >= 0.6 is 11.8 Å². The molecule has 1 saturated heterocycles. The van der Waals surface area contributed by atoms with Gasteiger partial charge in [0.1, 0.15) is 30.4 Å². The van der Waals surface area contributed by atoms with Crippen LogP contribution < -0.4 is 5.32 Å². The predicted octanol–water partition coefficient (Wildman–Crippen LogP) is 14.4. The van der Waals surface area contributed by atoms with Gasteiger partial charge in [-0.2, -0.15) is 0 Å². The van der Waals surface area contributed by atoms with Crippen molar-refractivity contribution in [1.82, 2.24) is 5.32 Å². The van der Waals surface area contributed by atoms with Gasteiger partial charge in [-0.1, -0.05) is 237 Å². The number of unbranched alkanes of at least 4 members (excludes halogenated alkanes) is 25. The summed E-state index contributed by atoms with van der Waals surface area (Å²) in [6.45, 7) is 6.61. The number of thioether (sulfide) groups is 1. The number of nitrogens with one attached hydrogen (secondary N) is 1. The Morgan fingerprint density at radius 2 is 1.09 bits per heavy atom. The van der Waals surface area contributed by atoms with Gasteiger partial charge in [0, 0.05) is 24.2 Å². The molecule has 1 aliphatic heterocycles. The lowest BCUT2D eigenvalue weighted by Crippen LogP contribution is -2.55. The summed E-state index contributed by atoms with van der Waals surface area (Å²) in [4.78, 5) is 66.7. The zero-order chi connectivity index (χ0) is 55.0. The first kappa shape index (κ1) is 69.1. The highest BCUT2D eigenvalue weighted by Gasteiger charge is 2.46. The molecular weight excluding hydrogens is 995 g/mol. The Morgan fingerprint density at radius 1 is 0.623 bits per heavy atom. The topological polar surface area (TPSA) is 184 Å². The summed E-state index contributed by atoms with van der Waals surface area (Å²) in [6, 6.07) is 17.0. The number of carbonyl (C=O) groups excluding carboxylic acids is 5. The van der Waals surface area contributed by atoms with Gasteiger partial charge >= 0.3 is 23.9 Å². The third-order valence-electron chi connectivity index (χ3n) is 14.4. The molecule has 2 aromatic carbocycles. The molecule has 0 bridgehead atoms. The van der Waals surface area contributed by atoms with Crippen LogP contribution in [0.15, 0.2) is 65.6 Å². The number of esters is 4. The minimum Gasteiger partial charge on any atom is -0.463 e. The van der Waals surface area contributed by atoms with Crippen LogP contribution in [0.2, 0.25) is 0 Å². The largest absolute Gasteiger partial charge is 0.463 e. The van der Waals surface area contributed by atoms with Crippen molar-refractivity contribution in [2.24, 2.45) is 5.92 Å². The maximum Gasteiger partial charge on any atom is 0.338 e. The first-order valence-electron chi connectivity index (χ1n) is 29.7. The van der Waals surface area contributed by atoms with Crippen LogP contribution in [0.25, 0.3) is 0 Å². The highest BCUT2D eigenvalue weighted by atomic mass is 32.2. The van der Waals surface area contributed by atoms with E-state index in [1.54, 1.807) is 37.3 Å². The lowest BCUT2D eigenvalue weighted by Gasteiger charge is -2.42.